The van der Waals surface area contributed by atoms with Crippen LogP contribution in [-0.4, -0.2) is 38.3 Å². The first kappa shape index (κ1) is 16.2. The second kappa shape index (κ2) is 7.71. The SMILES string of the molecule is C#CCNc1ccc(C(=O)NC2CCOC(C)C2)cc1OC. The highest BCUT2D eigenvalue weighted by Gasteiger charge is 2.21. The molecule has 0 aromatic heterocycles. The molecule has 0 aliphatic carbocycles. The maximum atomic E-state index is 12.4. The van der Waals surface area contributed by atoms with Crippen molar-refractivity contribution < 1.29 is 14.3 Å². The van der Waals surface area contributed by atoms with Crippen LogP contribution < -0.4 is 15.4 Å². The molecule has 1 saturated heterocycles. The molecule has 0 spiro atoms. The summed E-state index contributed by atoms with van der Waals surface area (Å²) in [7, 11) is 1.57. The fourth-order valence-corrected chi connectivity index (χ4v) is 2.52. The predicted octanol–water partition coefficient (Wildman–Crippen LogP) is 2.04. The Hall–Kier alpha value is -2.19. The molecule has 1 aromatic rings. The lowest BCUT2D eigenvalue weighted by Crippen LogP contribution is -2.41. The Morgan fingerprint density at radius 2 is 2.36 bits per heavy atom. The third-order valence-electron chi connectivity index (χ3n) is 3.66. The average Bonchev–Trinajstić information content (AvgIpc) is 2.52. The number of hydrogen-bond acceptors (Lipinski definition) is 4. The standard InChI is InChI=1S/C17H22N2O3/c1-4-8-18-15-6-5-13(11-16(15)21-3)17(20)19-14-7-9-22-12(2)10-14/h1,5-6,11-12,14,18H,7-10H2,2-3H3,(H,19,20). The van der Waals surface area contributed by atoms with Gasteiger partial charge in [0.1, 0.15) is 5.75 Å². The Balaban J connectivity index is 2.04. The van der Waals surface area contributed by atoms with Crippen molar-refractivity contribution in [2.75, 3.05) is 25.6 Å². The van der Waals surface area contributed by atoms with E-state index in [0.29, 0.717) is 24.5 Å². The highest BCUT2D eigenvalue weighted by molar-refractivity contribution is 5.95. The summed E-state index contributed by atoms with van der Waals surface area (Å²) >= 11 is 0. The van der Waals surface area contributed by atoms with Crippen molar-refractivity contribution in [1.82, 2.24) is 5.32 Å². The Bertz CT molecular complexity index is 566. The first-order valence-corrected chi connectivity index (χ1v) is 7.42. The third kappa shape index (κ3) is 4.15. The molecule has 2 rings (SSSR count). The lowest BCUT2D eigenvalue weighted by Gasteiger charge is -2.28. The smallest absolute Gasteiger partial charge is 0.251 e. The van der Waals surface area contributed by atoms with Crippen LogP contribution in [0.3, 0.4) is 0 Å². The zero-order valence-electron chi connectivity index (χ0n) is 13.0. The van der Waals surface area contributed by atoms with E-state index in [1.807, 2.05) is 6.92 Å². The third-order valence-corrected chi connectivity index (χ3v) is 3.66. The molecule has 118 valence electrons. The Labute approximate surface area is 131 Å². The molecule has 0 radical (unpaired) electrons. The number of anilines is 1. The molecular formula is C17H22N2O3. The molecule has 1 aliphatic heterocycles. The summed E-state index contributed by atoms with van der Waals surface area (Å²) in [5.41, 5.74) is 1.35. The zero-order chi connectivity index (χ0) is 15.9. The van der Waals surface area contributed by atoms with Crippen LogP contribution in [0.25, 0.3) is 0 Å². The number of benzene rings is 1. The van der Waals surface area contributed by atoms with Gasteiger partial charge in [0, 0.05) is 18.2 Å². The molecule has 0 saturated carbocycles. The van der Waals surface area contributed by atoms with Gasteiger partial charge in [0.05, 0.1) is 25.4 Å². The summed E-state index contributed by atoms with van der Waals surface area (Å²) in [5, 5.41) is 6.11. The van der Waals surface area contributed by atoms with E-state index in [1.165, 1.54) is 0 Å². The van der Waals surface area contributed by atoms with Crippen LogP contribution in [-0.2, 0) is 4.74 Å². The van der Waals surface area contributed by atoms with Gasteiger partial charge in [0.25, 0.3) is 5.91 Å². The Morgan fingerprint density at radius 1 is 1.55 bits per heavy atom. The van der Waals surface area contributed by atoms with Gasteiger partial charge in [0.2, 0.25) is 0 Å². The van der Waals surface area contributed by atoms with Crippen LogP contribution in [0.15, 0.2) is 18.2 Å². The van der Waals surface area contributed by atoms with Crippen molar-refractivity contribution in [3.8, 4) is 18.1 Å². The van der Waals surface area contributed by atoms with Gasteiger partial charge in [-0.3, -0.25) is 4.79 Å². The molecule has 1 fully saturated rings. The average molecular weight is 302 g/mol. The van der Waals surface area contributed by atoms with Crippen molar-refractivity contribution in [3.05, 3.63) is 23.8 Å². The predicted molar refractivity (Wildman–Crippen MR) is 86.2 cm³/mol. The minimum absolute atomic E-state index is 0.0964. The van der Waals surface area contributed by atoms with E-state index in [-0.39, 0.29) is 18.1 Å². The summed E-state index contributed by atoms with van der Waals surface area (Å²) in [4.78, 5) is 12.4. The Morgan fingerprint density at radius 3 is 3.05 bits per heavy atom. The van der Waals surface area contributed by atoms with Gasteiger partial charge < -0.3 is 20.1 Å². The number of rotatable bonds is 5. The zero-order valence-corrected chi connectivity index (χ0v) is 13.0. The highest BCUT2D eigenvalue weighted by Crippen LogP contribution is 2.25. The number of amides is 1. The first-order chi connectivity index (χ1) is 10.6. The number of ether oxygens (including phenoxy) is 2. The molecular weight excluding hydrogens is 280 g/mol. The van der Waals surface area contributed by atoms with E-state index in [1.54, 1.807) is 25.3 Å². The van der Waals surface area contributed by atoms with E-state index in [9.17, 15) is 4.79 Å². The van der Waals surface area contributed by atoms with E-state index >= 15 is 0 Å². The molecule has 1 heterocycles. The summed E-state index contributed by atoms with van der Waals surface area (Å²) in [6, 6.07) is 5.44. The molecule has 5 heteroatoms. The summed E-state index contributed by atoms with van der Waals surface area (Å²) in [5.74, 6) is 3.01. The number of hydrogen-bond donors (Lipinski definition) is 2. The van der Waals surface area contributed by atoms with Crippen molar-refractivity contribution in [2.24, 2.45) is 0 Å². The normalized spacial score (nSPS) is 20.8. The molecule has 22 heavy (non-hydrogen) atoms. The van der Waals surface area contributed by atoms with Gasteiger partial charge in [-0.05, 0) is 38.0 Å². The minimum Gasteiger partial charge on any atom is -0.495 e. The fraction of sp³-hybridized carbons (Fsp3) is 0.471. The number of methoxy groups -OCH3 is 1. The lowest BCUT2D eigenvalue weighted by molar-refractivity contribution is 0.0136. The van der Waals surface area contributed by atoms with Gasteiger partial charge in [0.15, 0.2) is 0 Å². The number of carbonyl (C=O) groups excluding carboxylic acids is 1. The maximum Gasteiger partial charge on any atom is 0.251 e. The number of terminal acetylenes is 1. The van der Waals surface area contributed by atoms with Crippen LogP contribution in [0, 0.1) is 12.3 Å². The van der Waals surface area contributed by atoms with Gasteiger partial charge in [-0.2, -0.15) is 0 Å². The highest BCUT2D eigenvalue weighted by atomic mass is 16.5. The second-order valence-electron chi connectivity index (χ2n) is 5.35. The maximum absolute atomic E-state index is 12.4. The van der Waals surface area contributed by atoms with Crippen molar-refractivity contribution >= 4 is 11.6 Å². The number of nitrogens with one attached hydrogen (secondary N) is 2. The largest absolute Gasteiger partial charge is 0.495 e. The van der Waals surface area contributed by atoms with E-state index in [4.69, 9.17) is 15.9 Å². The molecule has 0 bridgehead atoms. The van der Waals surface area contributed by atoms with Crippen LogP contribution in [0.4, 0.5) is 5.69 Å². The van der Waals surface area contributed by atoms with Crippen molar-refractivity contribution in [1.29, 1.82) is 0 Å². The summed E-state index contributed by atoms with van der Waals surface area (Å²) in [6.45, 7) is 3.11. The Kier molecular flexibility index (Phi) is 5.68. The molecule has 2 unspecified atom stereocenters. The van der Waals surface area contributed by atoms with Crippen molar-refractivity contribution in [3.63, 3.8) is 0 Å². The number of carbonyl (C=O) groups is 1. The van der Waals surface area contributed by atoms with Gasteiger partial charge in [-0.1, -0.05) is 5.92 Å². The fourth-order valence-electron chi connectivity index (χ4n) is 2.52. The van der Waals surface area contributed by atoms with Gasteiger partial charge in [-0.25, -0.2) is 0 Å². The molecule has 5 nitrogen and oxygen atoms in total. The molecule has 1 amide bonds. The van der Waals surface area contributed by atoms with E-state index < -0.39 is 0 Å². The van der Waals surface area contributed by atoms with Crippen LogP contribution in [0.5, 0.6) is 5.75 Å². The van der Waals surface area contributed by atoms with Crippen LogP contribution >= 0.6 is 0 Å². The summed E-state index contributed by atoms with van der Waals surface area (Å²) < 4.78 is 10.8. The quantitative estimate of drug-likeness (QED) is 0.817. The minimum atomic E-state index is -0.0964. The monoisotopic (exact) mass is 302 g/mol. The topological polar surface area (TPSA) is 59.6 Å². The summed E-state index contributed by atoms with van der Waals surface area (Å²) in [6.07, 6.45) is 7.10. The van der Waals surface area contributed by atoms with Crippen LogP contribution in [0.1, 0.15) is 30.1 Å². The molecule has 1 aromatic carbocycles. The van der Waals surface area contributed by atoms with Gasteiger partial charge >= 0.3 is 0 Å². The lowest BCUT2D eigenvalue weighted by atomic mass is 10.0. The molecule has 2 atom stereocenters. The van der Waals surface area contributed by atoms with Crippen molar-refractivity contribution in [2.45, 2.75) is 31.9 Å². The second-order valence-corrected chi connectivity index (χ2v) is 5.35. The molecule has 2 N–H and O–H groups in total. The van der Waals surface area contributed by atoms with Gasteiger partial charge in [-0.15, -0.1) is 6.42 Å². The first-order valence-electron chi connectivity index (χ1n) is 7.42. The van der Waals surface area contributed by atoms with E-state index in [2.05, 4.69) is 16.6 Å². The molecule has 1 aliphatic rings. The van der Waals surface area contributed by atoms with Crippen LogP contribution in [0.2, 0.25) is 0 Å². The van der Waals surface area contributed by atoms with E-state index in [0.717, 1.165) is 18.5 Å².